The van der Waals surface area contributed by atoms with Crippen molar-refractivity contribution in [3.05, 3.63) is 35.7 Å². The van der Waals surface area contributed by atoms with Gasteiger partial charge in [0.15, 0.2) is 0 Å². The van der Waals surface area contributed by atoms with Gasteiger partial charge in [0, 0.05) is 31.1 Å². The van der Waals surface area contributed by atoms with Crippen LogP contribution in [0.15, 0.2) is 18.5 Å². The summed E-state index contributed by atoms with van der Waals surface area (Å²) in [4.78, 5) is 12.5. The average Bonchev–Trinajstić information content (AvgIpc) is 2.63. The third-order valence-corrected chi connectivity index (χ3v) is 2.41. The molecule has 2 N–H and O–H groups in total. The van der Waals surface area contributed by atoms with E-state index in [1.165, 1.54) is 0 Å². The molecule has 0 fully saturated rings. The van der Waals surface area contributed by atoms with Gasteiger partial charge in [0.2, 0.25) is 5.95 Å². The number of hydrogen-bond acceptors (Lipinski definition) is 4. The van der Waals surface area contributed by atoms with Crippen LogP contribution in [0.25, 0.3) is 0 Å². The van der Waals surface area contributed by atoms with Gasteiger partial charge in [0.1, 0.15) is 5.82 Å². The molecule has 0 bridgehead atoms. The van der Waals surface area contributed by atoms with Crippen molar-refractivity contribution in [3.63, 3.8) is 0 Å². The van der Waals surface area contributed by atoms with Crippen LogP contribution < -0.4 is 5.73 Å². The maximum absolute atomic E-state index is 5.61. The number of nitrogens with two attached hydrogens (primary N) is 1. The SMILES string of the molecule is CCn1ccnc1Cc1cc(C)nc(N)n1. The van der Waals surface area contributed by atoms with Crippen LogP contribution in [-0.4, -0.2) is 19.5 Å². The number of hydrogen-bond donors (Lipinski definition) is 1. The van der Waals surface area contributed by atoms with E-state index in [9.17, 15) is 0 Å². The molecule has 2 rings (SSSR count). The van der Waals surface area contributed by atoms with Crippen molar-refractivity contribution < 1.29 is 0 Å². The third-order valence-electron chi connectivity index (χ3n) is 2.41. The Hall–Kier alpha value is -1.91. The minimum absolute atomic E-state index is 0.324. The highest BCUT2D eigenvalue weighted by Gasteiger charge is 2.05. The van der Waals surface area contributed by atoms with Gasteiger partial charge in [-0.25, -0.2) is 15.0 Å². The molecule has 0 radical (unpaired) electrons. The highest BCUT2D eigenvalue weighted by atomic mass is 15.1. The molecule has 2 aromatic rings. The van der Waals surface area contributed by atoms with Gasteiger partial charge in [-0.2, -0.15) is 0 Å². The second-order valence-corrected chi connectivity index (χ2v) is 3.67. The minimum Gasteiger partial charge on any atom is -0.368 e. The summed E-state index contributed by atoms with van der Waals surface area (Å²) < 4.78 is 2.09. The van der Waals surface area contributed by atoms with Crippen molar-refractivity contribution in [1.82, 2.24) is 19.5 Å². The lowest BCUT2D eigenvalue weighted by molar-refractivity contribution is 0.708. The average molecular weight is 217 g/mol. The summed E-state index contributed by atoms with van der Waals surface area (Å²) in [5.41, 5.74) is 7.40. The molecule has 0 aliphatic rings. The van der Waals surface area contributed by atoms with Crippen LogP contribution in [0.4, 0.5) is 5.95 Å². The Morgan fingerprint density at radius 1 is 1.38 bits per heavy atom. The van der Waals surface area contributed by atoms with Crippen molar-refractivity contribution >= 4 is 5.95 Å². The fourth-order valence-electron chi connectivity index (χ4n) is 1.71. The summed E-state index contributed by atoms with van der Waals surface area (Å²) in [5.74, 6) is 1.32. The topological polar surface area (TPSA) is 69.6 Å². The van der Waals surface area contributed by atoms with E-state index < -0.39 is 0 Å². The molecule has 0 unspecified atom stereocenters. The Labute approximate surface area is 94.4 Å². The zero-order valence-electron chi connectivity index (χ0n) is 9.51. The van der Waals surface area contributed by atoms with Crippen LogP contribution in [-0.2, 0) is 13.0 Å². The standard InChI is InChI=1S/C11H15N5/c1-3-16-5-4-13-10(16)7-9-6-8(2)14-11(12)15-9/h4-6H,3,7H2,1-2H3,(H2,12,14,15). The largest absolute Gasteiger partial charge is 0.368 e. The molecule has 0 aliphatic carbocycles. The van der Waals surface area contributed by atoms with E-state index in [4.69, 9.17) is 5.73 Å². The summed E-state index contributed by atoms with van der Waals surface area (Å²) in [6, 6.07) is 1.94. The van der Waals surface area contributed by atoms with Crippen LogP contribution in [0, 0.1) is 6.92 Å². The predicted molar refractivity (Wildman–Crippen MR) is 61.9 cm³/mol. The van der Waals surface area contributed by atoms with E-state index in [2.05, 4.69) is 26.4 Å². The first-order valence-corrected chi connectivity index (χ1v) is 5.29. The molecule has 0 spiro atoms. The van der Waals surface area contributed by atoms with Gasteiger partial charge in [-0.1, -0.05) is 0 Å². The molecular weight excluding hydrogens is 202 g/mol. The predicted octanol–water partition coefficient (Wildman–Crippen LogP) is 1.17. The Kier molecular flexibility index (Phi) is 2.85. The van der Waals surface area contributed by atoms with E-state index in [-0.39, 0.29) is 0 Å². The first-order valence-electron chi connectivity index (χ1n) is 5.29. The second kappa shape index (κ2) is 4.30. The number of aryl methyl sites for hydroxylation is 2. The van der Waals surface area contributed by atoms with Gasteiger partial charge < -0.3 is 10.3 Å². The van der Waals surface area contributed by atoms with Crippen molar-refractivity contribution in [3.8, 4) is 0 Å². The molecule has 0 atom stereocenters. The fraction of sp³-hybridized carbons (Fsp3) is 0.364. The molecule has 0 amide bonds. The van der Waals surface area contributed by atoms with Crippen LogP contribution in [0.5, 0.6) is 0 Å². The van der Waals surface area contributed by atoms with Crippen LogP contribution in [0.1, 0.15) is 24.1 Å². The minimum atomic E-state index is 0.324. The molecular formula is C11H15N5. The first-order chi connectivity index (χ1) is 7.69. The lowest BCUT2D eigenvalue weighted by Gasteiger charge is -2.05. The molecule has 5 nitrogen and oxygen atoms in total. The third kappa shape index (κ3) is 2.18. The molecule has 16 heavy (non-hydrogen) atoms. The first kappa shape index (κ1) is 10.6. The fourth-order valence-corrected chi connectivity index (χ4v) is 1.71. The summed E-state index contributed by atoms with van der Waals surface area (Å²) in [6.45, 7) is 4.91. The zero-order valence-corrected chi connectivity index (χ0v) is 9.51. The molecule has 0 saturated carbocycles. The van der Waals surface area contributed by atoms with Crippen molar-refractivity contribution in [1.29, 1.82) is 0 Å². The van der Waals surface area contributed by atoms with E-state index in [1.54, 1.807) is 6.20 Å². The Bertz CT molecular complexity index is 469. The van der Waals surface area contributed by atoms with E-state index in [1.807, 2.05) is 19.2 Å². The highest BCUT2D eigenvalue weighted by molar-refractivity contribution is 5.23. The normalized spacial score (nSPS) is 10.6. The van der Waals surface area contributed by atoms with Gasteiger partial charge in [0.05, 0.1) is 5.69 Å². The number of imidazole rings is 1. The zero-order chi connectivity index (χ0) is 11.5. The summed E-state index contributed by atoms with van der Waals surface area (Å²) in [5, 5.41) is 0. The number of rotatable bonds is 3. The Balaban J connectivity index is 2.26. The Morgan fingerprint density at radius 3 is 2.88 bits per heavy atom. The molecule has 2 heterocycles. The van der Waals surface area contributed by atoms with Crippen molar-refractivity contribution in [2.24, 2.45) is 0 Å². The van der Waals surface area contributed by atoms with E-state index in [0.717, 1.165) is 23.8 Å². The lowest BCUT2D eigenvalue weighted by Crippen LogP contribution is -2.06. The maximum atomic E-state index is 5.61. The number of nitrogen functional groups attached to an aromatic ring is 1. The van der Waals surface area contributed by atoms with Gasteiger partial charge in [-0.15, -0.1) is 0 Å². The van der Waals surface area contributed by atoms with Crippen LogP contribution in [0.2, 0.25) is 0 Å². The van der Waals surface area contributed by atoms with Gasteiger partial charge >= 0.3 is 0 Å². The molecule has 2 aromatic heterocycles. The van der Waals surface area contributed by atoms with E-state index in [0.29, 0.717) is 12.4 Å². The Morgan fingerprint density at radius 2 is 2.19 bits per heavy atom. The lowest BCUT2D eigenvalue weighted by atomic mass is 10.2. The highest BCUT2D eigenvalue weighted by Crippen LogP contribution is 2.08. The van der Waals surface area contributed by atoms with Gasteiger partial charge in [0.25, 0.3) is 0 Å². The van der Waals surface area contributed by atoms with Crippen LogP contribution in [0.3, 0.4) is 0 Å². The number of nitrogens with zero attached hydrogens (tertiary/aromatic N) is 4. The van der Waals surface area contributed by atoms with Crippen molar-refractivity contribution in [2.45, 2.75) is 26.8 Å². The molecule has 0 aliphatic heterocycles. The number of anilines is 1. The quantitative estimate of drug-likeness (QED) is 0.838. The molecule has 0 aromatic carbocycles. The van der Waals surface area contributed by atoms with Crippen LogP contribution >= 0.6 is 0 Å². The van der Waals surface area contributed by atoms with Gasteiger partial charge in [-0.05, 0) is 19.9 Å². The van der Waals surface area contributed by atoms with Crippen molar-refractivity contribution in [2.75, 3.05) is 5.73 Å². The molecule has 5 heteroatoms. The van der Waals surface area contributed by atoms with E-state index >= 15 is 0 Å². The van der Waals surface area contributed by atoms with Gasteiger partial charge in [-0.3, -0.25) is 0 Å². The number of aromatic nitrogens is 4. The monoisotopic (exact) mass is 217 g/mol. The summed E-state index contributed by atoms with van der Waals surface area (Å²) in [7, 11) is 0. The molecule has 0 saturated heterocycles. The maximum Gasteiger partial charge on any atom is 0.220 e. The molecule has 84 valence electrons. The second-order valence-electron chi connectivity index (χ2n) is 3.67. The summed E-state index contributed by atoms with van der Waals surface area (Å²) >= 11 is 0. The summed E-state index contributed by atoms with van der Waals surface area (Å²) in [6.07, 6.45) is 4.46. The smallest absolute Gasteiger partial charge is 0.220 e.